The molecule has 13 heavy (non-hydrogen) atoms. The molecular weight excluding hydrogens is 166 g/mol. The van der Waals surface area contributed by atoms with E-state index in [-0.39, 0.29) is 0 Å². The van der Waals surface area contributed by atoms with Crippen LogP contribution >= 0.6 is 0 Å². The van der Waals surface area contributed by atoms with Crippen molar-refractivity contribution in [2.75, 3.05) is 5.73 Å². The van der Waals surface area contributed by atoms with Gasteiger partial charge in [0.25, 0.3) is 0 Å². The summed E-state index contributed by atoms with van der Waals surface area (Å²) in [6.45, 7) is 1.83. The number of nitrogens with two attached hydrogens (primary N) is 2. The van der Waals surface area contributed by atoms with Gasteiger partial charge >= 0.3 is 0 Å². The van der Waals surface area contributed by atoms with Gasteiger partial charge in [0.1, 0.15) is 0 Å². The predicted molar refractivity (Wildman–Crippen MR) is 51.6 cm³/mol. The zero-order valence-electron chi connectivity index (χ0n) is 7.32. The van der Waals surface area contributed by atoms with Crippen LogP contribution in [0.4, 0.5) is 5.69 Å². The number of aromatic nitrogens is 1. The maximum absolute atomic E-state index is 10.5. The monoisotopic (exact) mass is 177 g/mol. The van der Waals surface area contributed by atoms with Crippen LogP contribution in [0.3, 0.4) is 0 Å². The second kappa shape index (κ2) is 3.71. The molecule has 0 radical (unpaired) electrons. The van der Waals surface area contributed by atoms with Gasteiger partial charge in [0.15, 0.2) is 0 Å². The van der Waals surface area contributed by atoms with Crippen molar-refractivity contribution < 1.29 is 4.79 Å². The first-order valence-electron chi connectivity index (χ1n) is 3.79. The molecule has 4 heteroatoms. The van der Waals surface area contributed by atoms with Crippen LogP contribution in [0.5, 0.6) is 0 Å². The summed E-state index contributed by atoms with van der Waals surface area (Å²) in [5, 5.41) is 0. The highest BCUT2D eigenvalue weighted by atomic mass is 16.1. The number of carbonyl (C=O) groups is 1. The molecule has 0 aliphatic heterocycles. The fourth-order valence-corrected chi connectivity index (χ4v) is 0.908. The van der Waals surface area contributed by atoms with E-state index in [9.17, 15) is 4.79 Å². The van der Waals surface area contributed by atoms with E-state index in [2.05, 4.69) is 4.98 Å². The molecule has 0 unspecified atom stereocenters. The van der Waals surface area contributed by atoms with Crippen LogP contribution in [-0.2, 0) is 4.79 Å². The van der Waals surface area contributed by atoms with E-state index in [1.54, 1.807) is 18.3 Å². The van der Waals surface area contributed by atoms with Crippen molar-refractivity contribution in [3.05, 3.63) is 29.6 Å². The highest BCUT2D eigenvalue weighted by molar-refractivity contribution is 5.90. The van der Waals surface area contributed by atoms with Crippen molar-refractivity contribution in [1.82, 2.24) is 4.98 Å². The highest BCUT2D eigenvalue weighted by Gasteiger charge is 1.96. The molecule has 0 saturated carbocycles. The topological polar surface area (TPSA) is 82.0 Å². The van der Waals surface area contributed by atoms with Gasteiger partial charge in [-0.05, 0) is 24.6 Å². The molecule has 4 nitrogen and oxygen atoms in total. The quantitative estimate of drug-likeness (QED) is 0.644. The van der Waals surface area contributed by atoms with E-state index in [0.29, 0.717) is 5.69 Å². The zero-order valence-corrected chi connectivity index (χ0v) is 7.32. The Hall–Kier alpha value is -1.84. The summed E-state index contributed by atoms with van der Waals surface area (Å²) < 4.78 is 0. The Morgan fingerprint density at radius 2 is 2.31 bits per heavy atom. The molecule has 1 rings (SSSR count). The Kier molecular flexibility index (Phi) is 2.64. The maximum atomic E-state index is 10.5. The Balaban J connectivity index is 3.00. The Morgan fingerprint density at radius 1 is 1.62 bits per heavy atom. The fourth-order valence-electron chi connectivity index (χ4n) is 0.908. The SMILES string of the molecule is Cc1ncc(N)cc1C=CC(N)=O. The molecule has 4 N–H and O–H groups in total. The second-order valence-electron chi connectivity index (χ2n) is 2.68. The molecule has 0 saturated heterocycles. The fraction of sp³-hybridized carbons (Fsp3) is 0.111. The highest BCUT2D eigenvalue weighted by Crippen LogP contribution is 2.10. The van der Waals surface area contributed by atoms with Crippen LogP contribution in [0.15, 0.2) is 18.3 Å². The van der Waals surface area contributed by atoms with E-state index in [4.69, 9.17) is 11.5 Å². The number of rotatable bonds is 2. The van der Waals surface area contributed by atoms with E-state index >= 15 is 0 Å². The van der Waals surface area contributed by atoms with Gasteiger partial charge in [0, 0.05) is 11.8 Å². The van der Waals surface area contributed by atoms with Gasteiger partial charge in [-0.2, -0.15) is 0 Å². The maximum Gasteiger partial charge on any atom is 0.241 e. The summed E-state index contributed by atoms with van der Waals surface area (Å²) in [5.41, 5.74) is 12.7. The molecule has 1 amide bonds. The lowest BCUT2D eigenvalue weighted by molar-refractivity contribution is -0.113. The first-order chi connectivity index (χ1) is 6.09. The summed E-state index contributed by atoms with van der Waals surface area (Å²) in [4.78, 5) is 14.5. The first-order valence-corrected chi connectivity index (χ1v) is 3.79. The third-order valence-electron chi connectivity index (χ3n) is 1.57. The van der Waals surface area contributed by atoms with Gasteiger partial charge in [0.05, 0.1) is 11.9 Å². The number of anilines is 1. The van der Waals surface area contributed by atoms with Crippen molar-refractivity contribution in [3.63, 3.8) is 0 Å². The largest absolute Gasteiger partial charge is 0.397 e. The lowest BCUT2D eigenvalue weighted by Gasteiger charge is -1.99. The van der Waals surface area contributed by atoms with E-state index < -0.39 is 5.91 Å². The normalized spacial score (nSPS) is 10.5. The van der Waals surface area contributed by atoms with Crippen molar-refractivity contribution >= 4 is 17.7 Å². The smallest absolute Gasteiger partial charge is 0.241 e. The van der Waals surface area contributed by atoms with Gasteiger partial charge in [-0.25, -0.2) is 0 Å². The second-order valence-corrected chi connectivity index (χ2v) is 2.68. The molecule has 0 spiro atoms. The van der Waals surface area contributed by atoms with Crippen molar-refractivity contribution in [2.24, 2.45) is 5.73 Å². The molecule has 0 aliphatic rings. The minimum absolute atomic E-state index is 0.484. The molecule has 1 aromatic rings. The van der Waals surface area contributed by atoms with E-state index in [0.717, 1.165) is 11.3 Å². The average Bonchev–Trinajstić information content (AvgIpc) is 2.06. The standard InChI is InChI=1S/C9H11N3O/c1-6-7(2-3-9(11)13)4-8(10)5-12-6/h2-5H,10H2,1H3,(H2,11,13). The average molecular weight is 177 g/mol. The summed E-state index contributed by atoms with van der Waals surface area (Å²) >= 11 is 0. The Morgan fingerprint density at radius 3 is 2.92 bits per heavy atom. The van der Waals surface area contributed by atoms with Gasteiger partial charge in [0.2, 0.25) is 5.91 Å². The number of carbonyl (C=O) groups excluding carboxylic acids is 1. The summed E-state index contributed by atoms with van der Waals surface area (Å²) in [7, 11) is 0. The number of aryl methyl sites for hydroxylation is 1. The van der Waals surface area contributed by atoms with Gasteiger partial charge in [-0.3, -0.25) is 9.78 Å². The lowest BCUT2D eigenvalue weighted by Crippen LogP contribution is -2.05. The minimum Gasteiger partial charge on any atom is -0.397 e. The molecule has 68 valence electrons. The first kappa shape index (κ1) is 9.25. The van der Waals surface area contributed by atoms with Crippen molar-refractivity contribution in [1.29, 1.82) is 0 Å². The number of nitrogen functional groups attached to an aromatic ring is 1. The van der Waals surface area contributed by atoms with Gasteiger partial charge in [-0.15, -0.1) is 0 Å². The number of hydrogen-bond donors (Lipinski definition) is 2. The van der Waals surface area contributed by atoms with Crippen LogP contribution in [0.1, 0.15) is 11.3 Å². The van der Waals surface area contributed by atoms with Crippen molar-refractivity contribution in [2.45, 2.75) is 6.92 Å². The number of nitrogens with zero attached hydrogens (tertiary/aromatic N) is 1. The summed E-state index contributed by atoms with van der Waals surface area (Å²) in [6.07, 6.45) is 4.45. The Bertz CT molecular complexity index is 358. The molecule has 0 fully saturated rings. The van der Waals surface area contributed by atoms with Crippen LogP contribution in [0.25, 0.3) is 6.08 Å². The molecule has 0 aromatic carbocycles. The van der Waals surface area contributed by atoms with Crippen LogP contribution in [0, 0.1) is 6.92 Å². The number of hydrogen-bond acceptors (Lipinski definition) is 3. The third kappa shape index (κ3) is 2.59. The number of pyridine rings is 1. The van der Waals surface area contributed by atoms with Crippen LogP contribution < -0.4 is 11.5 Å². The van der Waals surface area contributed by atoms with Crippen LogP contribution in [-0.4, -0.2) is 10.9 Å². The summed E-state index contributed by atoms with van der Waals surface area (Å²) in [6, 6.07) is 1.74. The summed E-state index contributed by atoms with van der Waals surface area (Å²) in [5.74, 6) is -0.484. The third-order valence-corrected chi connectivity index (χ3v) is 1.57. The molecule has 0 aliphatic carbocycles. The minimum atomic E-state index is -0.484. The molecule has 1 heterocycles. The predicted octanol–water partition coefficient (Wildman–Crippen LogP) is 0.471. The van der Waals surface area contributed by atoms with E-state index in [1.807, 2.05) is 6.92 Å². The van der Waals surface area contributed by atoms with E-state index in [1.165, 1.54) is 6.08 Å². The van der Waals surface area contributed by atoms with Crippen molar-refractivity contribution in [3.8, 4) is 0 Å². The zero-order chi connectivity index (χ0) is 9.84. The lowest BCUT2D eigenvalue weighted by atomic mass is 10.2. The molecule has 0 bridgehead atoms. The molecule has 1 aromatic heterocycles. The van der Waals surface area contributed by atoms with Gasteiger partial charge in [-0.1, -0.05) is 0 Å². The van der Waals surface area contributed by atoms with Gasteiger partial charge < -0.3 is 11.5 Å². The molecular formula is C9H11N3O. The number of primary amides is 1. The van der Waals surface area contributed by atoms with Crippen LogP contribution in [0.2, 0.25) is 0 Å². The Labute approximate surface area is 76.3 Å². The number of amides is 1. The molecule has 0 atom stereocenters.